The summed E-state index contributed by atoms with van der Waals surface area (Å²) >= 11 is 0. The van der Waals surface area contributed by atoms with Crippen molar-refractivity contribution in [2.24, 2.45) is 11.8 Å². The second kappa shape index (κ2) is 5.71. The van der Waals surface area contributed by atoms with Crippen molar-refractivity contribution in [3.63, 3.8) is 0 Å². The summed E-state index contributed by atoms with van der Waals surface area (Å²) in [6.45, 7) is 4.03. The first-order valence-corrected chi connectivity index (χ1v) is 7.33. The van der Waals surface area contributed by atoms with Gasteiger partial charge in [-0.3, -0.25) is 4.79 Å². The maximum absolute atomic E-state index is 12.1. The molecule has 2 aromatic heterocycles. The van der Waals surface area contributed by atoms with Crippen LogP contribution in [-0.4, -0.2) is 16.0 Å². The van der Waals surface area contributed by atoms with Crippen LogP contribution in [0.2, 0.25) is 0 Å². The average molecular weight is 289 g/mol. The lowest BCUT2D eigenvalue weighted by Gasteiger charge is -2.27. The van der Waals surface area contributed by atoms with Crippen molar-refractivity contribution in [2.75, 3.05) is 0 Å². The Kier molecular flexibility index (Phi) is 3.77. The van der Waals surface area contributed by atoms with Gasteiger partial charge in [-0.1, -0.05) is 25.4 Å². The van der Waals surface area contributed by atoms with Gasteiger partial charge in [-0.2, -0.15) is 4.98 Å². The molecule has 0 radical (unpaired) electrons. The molecule has 0 saturated heterocycles. The van der Waals surface area contributed by atoms with E-state index < -0.39 is 0 Å². The molecule has 1 aliphatic carbocycles. The van der Waals surface area contributed by atoms with E-state index in [1.54, 1.807) is 18.4 Å². The van der Waals surface area contributed by atoms with Crippen LogP contribution in [0.5, 0.6) is 0 Å². The summed E-state index contributed by atoms with van der Waals surface area (Å²) in [6, 6.07) is 3.27. The molecule has 0 aliphatic heterocycles. The Morgan fingerprint density at radius 1 is 1.43 bits per heavy atom. The van der Waals surface area contributed by atoms with Gasteiger partial charge in [0.15, 0.2) is 5.76 Å². The van der Waals surface area contributed by atoms with Crippen molar-refractivity contribution < 1.29 is 13.7 Å². The minimum Gasteiger partial charge on any atom is -0.461 e. The molecule has 21 heavy (non-hydrogen) atoms. The molecule has 0 aromatic carbocycles. The quantitative estimate of drug-likeness (QED) is 0.915. The minimum atomic E-state index is -0.269. The number of aromatic nitrogens is 2. The summed E-state index contributed by atoms with van der Waals surface area (Å²) in [7, 11) is 0. The molecular formula is C15H19N3O3. The van der Waals surface area contributed by atoms with E-state index in [2.05, 4.69) is 15.5 Å². The van der Waals surface area contributed by atoms with E-state index in [4.69, 9.17) is 8.94 Å². The Morgan fingerprint density at radius 2 is 2.24 bits per heavy atom. The lowest BCUT2D eigenvalue weighted by Crippen LogP contribution is -2.38. The van der Waals surface area contributed by atoms with E-state index in [9.17, 15) is 4.79 Å². The number of carbonyl (C=O) groups excluding carboxylic acids is 1. The fourth-order valence-electron chi connectivity index (χ4n) is 2.32. The van der Waals surface area contributed by atoms with Crippen molar-refractivity contribution in [2.45, 2.75) is 39.2 Å². The van der Waals surface area contributed by atoms with Gasteiger partial charge in [0.05, 0.1) is 6.26 Å². The van der Waals surface area contributed by atoms with Gasteiger partial charge < -0.3 is 14.3 Å². The van der Waals surface area contributed by atoms with Crippen molar-refractivity contribution in [1.29, 1.82) is 0 Å². The first kappa shape index (κ1) is 13.9. The first-order valence-electron chi connectivity index (χ1n) is 7.33. The highest BCUT2D eigenvalue weighted by Crippen LogP contribution is 2.29. The molecule has 6 heteroatoms. The van der Waals surface area contributed by atoms with Gasteiger partial charge in [0.25, 0.3) is 0 Å². The molecule has 1 fully saturated rings. The number of nitrogens with zero attached hydrogens (tertiary/aromatic N) is 2. The highest BCUT2D eigenvalue weighted by atomic mass is 16.5. The van der Waals surface area contributed by atoms with Crippen LogP contribution in [0.4, 0.5) is 0 Å². The fraction of sp³-hybridized carbons (Fsp3) is 0.533. The molecule has 1 amide bonds. The third kappa shape index (κ3) is 2.84. The van der Waals surface area contributed by atoms with Crippen LogP contribution >= 0.6 is 0 Å². The third-order valence-electron chi connectivity index (χ3n) is 3.89. The van der Waals surface area contributed by atoms with E-state index in [0.717, 1.165) is 19.3 Å². The number of amides is 1. The van der Waals surface area contributed by atoms with Gasteiger partial charge in [-0.15, -0.1) is 0 Å². The number of furan rings is 1. The van der Waals surface area contributed by atoms with Gasteiger partial charge >= 0.3 is 0 Å². The lowest BCUT2D eigenvalue weighted by atomic mass is 9.84. The van der Waals surface area contributed by atoms with Crippen LogP contribution in [0, 0.1) is 11.8 Å². The number of hydrogen-bond acceptors (Lipinski definition) is 5. The molecule has 1 aliphatic rings. The summed E-state index contributed by atoms with van der Waals surface area (Å²) in [5.74, 6) is 1.76. The monoisotopic (exact) mass is 289 g/mol. The SMILES string of the molecule is CC(C)[C@H](NC(=O)C1CCC1)c1nc(-c2ccco2)no1. The van der Waals surface area contributed by atoms with Crippen LogP contribution in [-0.2, 0) is 4.79 Å². The van der Waals surface area contributed by atoms with Crippen LogP contribution < -0.4 is 5.32 Å². The standard InChI is InChI=1S/C15H19N3O3/c1-9(2)12(16-14(19)10-5-3-6-10)15-17-13(18-21-15)11-7-4-8-20-11/h4,7-10,12H,3,5-6H2,1-2H3,(H,16,19)/t12-/m0/s1. The van der Waals surface area contributed by atoms with Gasteiger partial charge in [0.2, 0.25) is 17.6 Å². The van der Waals surface area contributed by atoms with E-state index >= 15 is 0 Å². The van der Waals surface area contributed by atoms with Crippen molar-refractivity contribution in [1.82, 2.24) is 15.5 Å². The number of hydrogen-bond donors (Lipinski definition) is 1. The molecular weight excluding hydrogens is 270 g/mol. The van der Waals surface area contributed by atoms with Crippen molar-refractivity contribution in [3.8, 4) is 11.6 Å². The fourth-order valence-corrected chi connectivity index (χ4v) is 2.32. The third-order valence-corrected chi connectivity index (χ3v) is 3.89. The smallest absolute Gasteiger partial charge is 0.249 e. The van der Waals surface area contributed by atoms with Crippen LogP contribution in [0.25, 0.3) is 11.6 Å². The Morgan fingerprint density at radius 3 is 2.81 bits per heavy atom. The summed E-state index contributed by atoms with van der Waals surface area (Å²) in [4.78, 5) is 16.5. The zero-order chi connectivity index (χ0) is 14.8. The highest BCUT2D eigenvalue weighted by Gasteiger charge is 2.31. The first-order chi connectivity index (χ1) is 10.1. The molecule has 0 bridgehead atoms. The molecule has 1 atom stereocenters. The average Bonchev–Trinajstić information content (AvgIpc) is 3.03. The molecule has 1 saturated carbocycles. The molecule has 112 valence electrons. The largest absolute Gasteiger partial charge is 0.461 e. The second-order valence-corrected chi connectivity index (χ2v) is 5.79. The molecule has 0 unspecified atom stereocenters. The summed E-state index contributed by atoms with van der Waals surface area (Å²) < 4.78 is 10.6. The molecule has 3 rings (SSSR count). The Hall–Kier alpha value is -2.11. The van der Waals surface area contributed by atoms with Gasteiger partial charge in [-0.25, -0.2) is 0 Å². The topological polar surface area (TPSA) is 81.2 Å². The van der Waals surface area contributed by atoms with Crippen LogP contribution in [0.15, 0.2) is 27.3 Å². The number of carbonyl (C=O) groups is 1. The van der Waals surface area contributed by atoms with E-state index in [1.165, 1.54) is 0 Å². The predicted octanol–water partition coefficient (Wildman–Crippen LogP) is 2.94. The molecule has 2 heterocycles. The normalized spacial score (nSPS) is 16.7. The summed E-state index contributed by atoms with van der Waals surface area (Å²) in [6.07, 6.45) is 4.63. The van der Waals surface area contributed by atoms with Gasteiger partial charge in [0, 0.05) is 5.92 Å². The van der Waals surface area contributed by atoms with Crippen LogP contribution in [0.1, 0.15) is 45.0 Å². The summed E-state index contributed by atoms with van der Waals surface area (Å²) in [5.41, 5.74) is 0. The van der Waals surface area contributed by atoms with E-state index in [0.29, 0.717) is 17.5 Å². The molecule has 1 N–H and O–H groups in total. The van der Waals surface area contributed by atoms with Gasteiger partial charge in [-0.05, 0) is 30.9 Å². The Labute approximate surface area is 122 Å². The maximum Gasteiger partial charge on any atom is 0.249 e. The van der Waals surface area contributed by atoms with Gasteiger partial charge in [0.1, 0.15) is 6.04 Å². The van der Waals surface area contributed by atoms with Crippen molar-refractivity contribution >= 4 is 5.91 Å². The minimum absolute atomic E-state index is 0.0812. The highest BCUT2D eigenvalue weighted by molar-refractivity contribution is 5.79. The van der Waals surface area contributed by atoms with Crippen molar-refractivity contribution in [3.05, 3.63) is 24.3 Å². The predicted molar refractivity (Wildman–Crippen MR) is 75.1 cm³/mol. The zero-order valence-corrected chi connectivity index (χ0v) is 12.2. The van der Waals surface area contributed by atoms with Crippen LogP contribution in [0.3, 0.4) is 0 Å². The maximum atomic E-state index is 12.1. The second-order valence-electron chi connectivity index (χ2n) is 5.79. The lowest BCUT2D eigenvalue weighted by molar-refractivity contribution is -0.128. The summed E-state index contributed by atoms with van der Waals surface area (Å²) in [5, 5.41) is 6.94. The Balaban J connectivity index is 1.76. The van der Waals surface area contributed by atoms with E-state index in [-0.39, 0.29) is 23.8 Å². The molecule has 2 aromatic rings. The zero-order valence-electron chi connectivity index (χ0n) is 12.2. The number of rotatable bonds is 5. The molecule has 0 spiro atoms. The van der Waals surface area contributed by atoms with E-state index in [1.807, 2.05) is 13.8 Å². The molecule has 6 nitrogen and oxygen atoms in total. The Bertz CT molecular complexity index is 599. The number of nitrogens with one attached hydrogen (secondary N) is 1.